The van der Waals surface area contributed by atoms with Crippen molar-refractivity contribution in [2.75, 3.05) is 18.0 Å². The van der Waals surface area contributed by atoms with E-state index in [2.05, 4.69) is 30.8 Å². The van der Waals surface area contributed by atoms with Crippen molar-refractivity contribution in [2.45, 2.75) is 31.7 Å². The Morgan fingerprint density at radius 3 is 3.11 bits per heavy atom. The average Bonchev–Trinajstić information content (AvgIpc) is 3.18. The van der Waals surface area contributed by atoms with Crippen LogP contribution in [-0.4, -0.2) is 32.8 Å². The lowest BCUT2D eigenvalue weighted by molar-refractivity contribution is 0.494. The van der Waals surface area contributed by atoms with E-state index >= 15 is 0 Å². The summed E-state index contributed by atoms with van der Waals surface area (Å²) >= 11 is 0. The summed E-state index contributed by atoms with van der Waals surface area (Å²) in [6, 6.07) is 2.47. The topological polar surface area (TPSA) is 46.8 Å². The van der Waals surface area contributed by atoms with Gasteiger partial charge in [-0.15, -0.1) is 0 Å². The Bertz CT molecular complexity index is 578. The molecule has 0 amide bonds. The third-order valence-electron chi connectivity index (χ3n) is 4.21. The molecule has 1 aliphatic heterocycles. The fourth-order valence-electron chi connectivity index (χ4n) is 3.26. The van der Waals surface area contributed by atoms with Crippen LogP contribution in [0, 0.1) is 0 Å². The molecule has 0 bridgehead atoms. The van der Waals surface area contributed by atoms with E-state index in [-0.39, 0.29) is 0 Å². The molecule has 0 saturated carbocycles. The van der Waals surface area contributed by atoms with Crippen LogP contribution in [0.3, 0.4) is 0 Å². The van der Waals surface area contributed by atoms with Gasteiger partial charge in [-0.3, -0.25) is 4.68 Å². The second-order valence-corrected chi connectivity index (χ2v) is 5.35. The minimum atomic E-state index is 0.474. The highest BCUT2D eigenvalue weighted by Gasteiger charge is 2.28. The SMILES string of the molecule is c1cnn(C2CCN(c3ncnc4c3CCC4)C2)c1. The second-order valence-electron chi connectivity index (χ2n) is 5.35. The van der Waals surface area contributed by atoms with Crippen LogP contribution >= 0.6 is 0 Å². The molecule has 2 aliphatic rings. The molecule has 2 aromatic rings. The summed E-state index contributed by atoms with van der Waals surface area (Å²) in [7, 11) is 0. The molecule has 1 unspecified atom stereocenters. The molecule has 4 rings (SSSR count). The Morgan fingerprint density at radius 1 is 1.21 bits per heavy atom. The van der Waals surface area contributed by atoms with Gasteiger partial charge >= 0.3 is 0 Å². The van der Waals surface area contributed by atoms with Crippen molar-refractivity contribution >= 4 is 5.82 Å². The first-order chi connectivity index (χ1) is 9.42. The first-order valence-electron chi connectivity index (χ1n) is 6.98. The Balaban J connectivity index is 1.60. The van der Waals surface area contributed by atoms with Crippen LogP contribution in [0.15, 0.2) is 24.8 Å². The first-order valence-corrected chi connectivity index (χ1v) is 6.98. The van der Waals surface area contributed by atoms with Gasteiger partial charge in [-0.1, -0.05) is 0 Å². The third-order valence-corrected chi connectivity index (χ3v) is 4.21. The van der Waals surface area contributed by atoms with Crippen LogP contribution < -0.4 is 4.90 Å². The highest BCUT2D eigenvalue weighted by atomic mass is 15.3. The van der Waals surface area contributed by atoms with Gasteiger partial charge in [-0.25, -0.2) is 9.97 Å². The summed E-state index contributed by atoms with van der Waals surface area (Å²) in [4.78, 5) is 11.3. The Kier molecular flexibility index (Phi) is 2.50. The molecule has 3 heterocycles. The fraction of sp³-hybridized carbons (Fsp3) is 0.500. The Hall–Kier alpha value is -1.91. The zero-order valence-electron chi connectivity index (χ0n) is 10.9. The predicted molar refractivity (Wildman–Crippen MR) is 72.2 cm³/mol. The average molecular weight is 255 g/mol. The number of fused-ring (bicyclic) bond motifs is 1. The summed E-state index contributed by atoms with van der Waals surface area (Å²) in [6.07, 6.45) is 10.2. The summed E-state index contributed by atoms with van der Waals surface area (Å²) in [5, 5.41) is 4.36. The smallest absolute Gasteiger partial charge is 0.135 e. The van der Waals surface area contributed by atoms with Crippen LogP contribution in [-0.2, 0) is 12.8 Å². The van der Waals surface area contributed by atoms with E-state index in [9.17, 15) is 0 Å². The molecule has 1 aliphatic carbocycles. The number of nitrogens with zero attached hydrogens (tertiary/aromatic N) is 5. The van der Waals surface area contributed by atoms with Gasteiger partial charge in [-0.2, -0.15) is 5.10 Å². The summed E-state index contributed by atoms with van der Waals surface area (Å²) < 4.78 is 2.07. The number of hydrogen-bond donors (Lipinski definition) is 0. The van der Waals surface area contributed by atoms with Gasteiger partial charge in [0.05, 0.1) is 6.04 Å². The van der Waals surface area contributed by atoms with Crippen LogP contribution in [0.25, 0.3) is 0 Å². The minimum Gasteiger partial charge on any atom is -0.354 e. The van der Waals surface area contributed by atoms with Gasteiger partial charge in [-0.05, 0) is 31.7 Å². The van der Waals surface area contributed by atoms with Gasteiger partial charge in [0.15, 0.2) is 0 Å². The molecule has 0 N–H and O–H groups in total. The maximum atomic E-state index is 4.53. The lowest BCUT2D eigenvalue weighted by atomic mass is 10.2. The van der Waals surface area contributed by atoms with Crippen molar-refractivity contribution in [3.8, 4) is 0 Å². The zero-order chi connectivity index (χ0) is 12.7. The van der Waals surface area contributed by atoms with Gasteiger partial charge in [0, 0.05) is 36.7 Å². The number of rotatable bonds is 2. The number of aromatic nitrogens is 4. The maximum Gasteiger partial charge on any atom is 0.135 e. The van der Waals surface area contributed by atoms with E-state index in [1.165, 1.54) is 17.7 Å². The van der Waals surface area contributed by atoms with Crippen LogP contribution in [0.4, 0.5) is 5.82 Å². The maximum absolute atomic E-state index is 4.53. The van der Waals surface area contributed by atoms with E-state index in [4.69, 9.17) is 0 Å². The number of anilines is 1. The van der Waals surface area contributed by atoms with E-state index in [1.54, 1.807) is 6.33 Å². The molecule has 2 aromatic heterocycles. The van der Waals surface area contributed by atoms with Gasteiger partial charge < -0.3 is 4.90 Å². The molecule has 98 valence electrons. The molecule has 5 nitrogen and oxygen atoms in total. The van der Waals surface area contributed by atoms with Crippen molar-refractivity contribution in [1.29, 1.82) is 0 Å². The third kappa shape index (κ3) is 1.80. The molecule has 5 heteroatoms. The first kappa shape index (κ1) is 11.0. The standard InChI is InChI=1S/C14H17N5/c1-3-12-13(4-1)15-10-16-14(12)18-8-5-11(9-18)19-7-2-6-17-19/h2,6-7,10-11H,1,3-5,8-9H2. The summed E-state index contributed by atoms with van der Waals surface area (Å²) in [5.74, 6) is 1.16. The number of hydrogen-bond acceptors (Lipinski definition) is 4. The van der Waals surface area contributed by atoms with Gasteiger partial charge in [0.1, 0.15) is 12.1 Å². The zero-order valence-corrected chi connectivity index (χ0v) is 10.9. The lowest BCUT2D eigenvalue weighted by Gasteiger charge is -2.20. The molecule has 1 saturated heterocycles. The molecule has 0 spiro atoms. The molecule has 1 atom stereocenters. The molecular weight excluding hydrogens is 238 g/mol. The van der Waals surface area contributed by atoms with Crippen LogP contribution in [0.5, 0.6) is 0 Å². The molecular formula is C14H17N5. The lowest BCUT2D eigenvalue weighted by Crippen LogP contribution is -2.23. The normalized spacial score (nSPS) is 21.9. The molecule has 0 aromatic carbocycles. The second kappa shape index (κ2) is 4.33. The van der Waals surface area contributed by atoms with Gasteiger partial charge in [0.25, 0.3) is 0 Å². The van der Waals surface area contributed by atoms with E-state index in [0.29, 0.717) is 6.04 Å². The van der Waals surface area contributed by atoms with Crippen molar-refractivity contribution in [3.63, 3.8) is 0 Å². The van der Waals surface area contributed by atoms with E-state index in [1.807, 2.05) is 12.3 Å². The number of aryl methyl sites for hydroxylation is 1. The molecule has 19 heavy (non-hydrogen) atoms. The van der Waals surface area contributed by atoms with Crippen LogP contribution in [0.2, 0.25) is 0 Å². The van der Waals surface area contributed by atoms with Crippen molar-refractivity contribution in [1.82, 2.24) is 19.7 Å². The van der Waals surface area contributed by atoms with Crippen molar-refractivity contribution < 1.29 is 0 Å². The minimum absolute atomic E-state index is 0.474. The molecule has 1 fully saturated rings. The van der Waals surface area contributed by atoms with Gasteiger partial charge in [0.2, 0.25) is 0 Å². The summed E-state index contributed by atoms with van der Waals surface area (Å²) in [6.45, 7) is 2.07. The molecule has 0 radical (unpaired) electrons. The Morgan fingerprint density at radius 2 is 2.21 bits per heavy atom. The van der Waals surface area contributed by atoms with E-state index < -0.39 is 0 Å². The van der Waals surface area contributed by atoms with E-state index in [0.717, 1.165) is 38.2 Å². The summed E-state index contributed by atoms with van der Waals surface area (Å²) in [5.41, 5.74) is 2.64. The quantitative estimate of drug-likeness (QED) is 0.818. The van der Waals surface area contributed by atoms with Crippen molar-refractivity contribution in [2.24, 2.45) is 0 Å². The predicted octanol–water partition coefficient (Wildman–Crippen LogP) is 1.61. The monoisotopic (exact) mass is 255 g/mol. The largest absolute Gasteiger partial charge is 0.354 e. The van der Waals surface area contributed by atoms with Crippen LogP contribution in [0.1, 0.15) is 30.1 Å². The Labute approximate surface area is 112 Å². The van der Waals surface area contributed by atoms with Crippen molar-refractivity contribution in [3.05, 3.63) is 36.0 Å². The highest BCUT2D eigenvalue weighted by Crippen LogP contribution is 2.32. The highest BCUT2D eigenvalue weighted by molar-refractivity contribution is 5.51. The fourth-order valence-corrected chi connectivity index (χ4v) is 3.26.